The average molecular weight is 286 g/mol. The van der Waals surface area contributed by atoms with Gasteiger partial charge in [0.2, 0.25) is 5.91 Å². The smallest absolute Gasteiger partial charge is 0.246 e. The van der Waals surface area contributed by atoms with E-state index in [0.29, 0.717) is 12.2 Å². The Morgan fingerprint density at radius 3 is 2.62 bits per heavy atom. The number of aryl methyl sites for hydroxylation is 1. The molecule has 0 aliphatic heterocycles. The number of nitrogens with zero attached hydrogens (tertiary/aromatic N) is 1. The normalized spacial score (nSPS) is 10.2. The SMILES string of the molecule is CCN(C(=O)CNc1ccccc1F)c1cccc(C)c1. The van der Waals surface area contributed by atoms with Gasteiger partial charge in [0, 0.05) is 12.2 Å². The average Bonchev–Trinajstić information content (AvgIpc) is 2.47. The molecule has 2 aromatic carbocycles. The molecule has 0 heterocycles. The first-order valence-electron chi connectivity index (χ1n) is 6.97. The van der Waals surface area contributed by atoms with Crippen molar-refractivity contribution in [2.24, 2.45) is 0 Å². The molecule has 0 saturated carbocycles. The summed E-state index contributed by atoms with van der Waals surface area (Å²) < 4.78 is 13.5. The lowest BCUT2D eigenvalue weighted by atomic mass is 10.2. The Bertz CT molecular complexity index is 628. The zero-order valence-electron chi connectivity index (χ0n) is 12.3. The molecule has 110 valence electrons. The Kier molecular flexibility index (Phi) is 4.93. The molecule has 0 unspecified atom stereocenters. The Balaban J connectivity index is 2.06. The van der Waals surface area contributed by atoms with Gasteiger partial charge in [-0.15, -0.1) is 0 Å². The maximum Gasteiger partial charge on any atom is 0.246 e. The number of carbonyl (C=O) groups excluding carboxylic acids is 1. The van der Waals surface area contributed by atoms with Crippen molar-refractivity contribution in [2.75, 3.05) is 23.3 Å². The van der Waals surface area contributed by atoms with E-state index < -0.39 is 0 Å². The van der Waals surface area contributed by atoms with Gasteiger partial charge in [0.05, 0.1) is 12.2 Å². The van der Waals surface area contributed by atoms with Gasteiger partial charge in [-0.05, 0) is 43.7 Å². The van der Waals surface area contributed by atoms with Crippen molar-refractivity contribution in [1.29, 1.82) is 0 Å². The van der Waals surface area contributed by atoms with Crippen molar-refractivity contribution in [3.05, 3.63) is 59.9 Å². The van der Waals surface area contributed by atoms with Crippen LogP contribution in [0.1, 0.15) is 12.5 Å². The van der Waals surface area contributed by atoms with Gasteiger partial charge in [0.25, 0.3) is 0 Å². The molecule has 0 bridgehead atoms. The second-order valence-corrected chi connectivity index (χ2v) is 4.81. The lowest BCUT2D eigenvalue weighted by molar-refractivity contribution is -0.116. The second kappa shape index (κ2) is 6.88. The Hall–Kier alpha value is -2.36. The summed E-state index contributed by atoms with van der Waals surface area (Å²) in [5.41, 5.74) is 2.30. The molecule has 0 aliphatic carbocycles. The number of rotatable bonds is 5. The van der Waals surface area contributed by atoms with Gasteiger partial charge >= 0.3 is 0 Å². The zero-order chi connectivity index (χ0) is 15.2. The molecule has 2 aromatic rings. The van der Waals surface area contributed by atoms with Gasteiger partial charge in [0.1, 0.15) is 5.82 Å². The number of likely N-dealkylation sites (N-methyl/N-ethyl adjacent to an activating group) is 1. The molecule has 0 spiro atoms. The third kappa shape index (κ3) is 3.81. The quantitative estimate of drug-likeness (QED) is 0.911. The predicted octanol–water partition coefficient (Wildman–Crippen LogP) is 3.60. The van der Waals surface area contributed by atoms with Crippen molar-refractivity contribution in [3.63, 3.8) is 0 Å². The van der Waals surface area contributed by atoms with Gasteiger partial charge < -0.3 is 10.2 Å². The van der Waals surface area contributed by atoms with E-state index in [9.17, 15) is 9.18 Å². The first-order valence-corrected chi connectivity index (χ1v) is 6.97. The molecular weight excluding hydrogens is 267 g/mol. The first-order chi connectivity index (χ1) is 10.1. The molecule has 0 fully saturated rings. The minimum absolute atomic E-state index is 0.0582. The molecule has 4 heteroatoms. The molecular formula is C17H19FN2O. The Morgan fingerprint density at radius 2 is 1.95 bits per heavy atom. The Morgan fingerprint density at radius 1 is 1.19 bits per heavy atom. The standard InChI is InChI=1S/C17H19FN2O/c1-3-20(14-8-6-7-13(2)11-14)17(21)12-19-16-10-5-4-9-15(16)18/h4-11,19H,3,12H2,1-2H3. The summed E-state index contributed by atoms with van der Waals surface area (Å²) in [6.07, 6.45) is 0. The van der Waals surface area contributed by atoms with Crippen LogP contribution in [0.15, 0.2) is 48.5 Å². The minimum atomic E-state index is -0.357. The summed E-state index contributed by atoms with van der Waals surface area (Å²) in [6.45, 7) is 4.53. The summed E-state index contributed by atoms with van der Waals surface area (Å²) in [5, 5.41) is 2.85. The molecule has 2 rings (SSSR count). The van der Waals surface area contributed by atoms with E-state index in [4.69, 9.17) is 0 Å². The summed E-state index contributed by atoms with van der Waals surface area (Å²) in [5.74, 6) is -0.449. The topological polar surface area (TPSA) is 32.3 Å². The van der Waals surface area contributed by atoms with Crippen LogP contribution in [-0.2, 0) is 4.79 Å². The van der Waals surface area contributed by atoms with Gasteiger partial charge in [0.15, 0.2) is 0 Å². The molecule has 0 aliphatic rings. The van der Waals surface area contributed by atoms with Crippen LogP contribution < -0.4 is 10.2 Å². The number of carbonyl (C=O) groups is 1. The highest BCUT2D eigenvalue weighted by Gasteiger charge is 2.14. The highest BCUT2D eigenvalue weighted by molar-refractivity contribution is 5.96. The molecule has 0 aromatic heterocycles. The number of amides is 1. The van der Waals surface area contributed by atoms with Crippen LogP contribution >= 0.6 is 0 Å². The summed E-state index contributed by atoms with van der Waals surface area (Å²) >= 11 is 0. The molecule has 3 nitrogen and oxygen atoms in total. The lowest BCUT2D eigenvalue weighted by Crippen LogP contribution is -2.35. The van der Waals surface area contributed by atoms with E-state index in [0.717, 1.165) is 11.3 Å². The third-order valence-electron chi connectivity index (χ3n) is 3.23. The van der Waals surface area contributed by atoms with Crippen LogP contribution in [0.2, 0.25) is 0 Å². The molecule has 0 saturated heterocycles. The van der Waals surface area contributed by atoms with Crippen LogP contribution in [0.5, 0.6) is 0 Å². The number of hydrogen-bond donors (Lipinski definition) is 1. The summed E-state index contributed by atoms with van der Waals surface area (Å²) in [6, 6.07) is 14.1. The monoisotopic (exact) mass is 286 g/mol. The zero-order valence-corrected chi connectivity index (χ0v) is 12.3. The van der Waals surface area contributed by atoms with E-state index >= 15 is 0 Å². The van der Waals surface area contributed by atoms with E-state index in [1.807, 2.05) is 38.1 Å². The van der Waals surface area contributed by atoms with Gasteiger partial charge in [-0.2, -0.15) is 0 Å². The van der Waals surface area contributed by atoms with Crippen LogP contribution in [0.3, 0.4) is 0 Å². The third-order valence-corrected chi connectivity index (χ3v) is 3.23. The van der Waals surface area contributed by atoms with E-state index in [2.05, 4.69) is 5.32 Å². The van der Waals surface area contributed by atoms with E-state index in [1.54, 1.807) is 23.1 Å². The van der Waals surface area contributed by atoms with Crippen LogP contribution in [0.4, 0.5) is 15.8 Å². The number of para-hydroxylation sites is 1. The fourth-order valence-electron chi connectivity index (χ4n) is 2.17. The molecule has 21 heavy (non-hydrogen) atoms. The molecule has 0 radical (unpaired) electrons. The highest BCUT2D eigenvalue weighted by atomic mass is 19.1. The van der Waals surface area contributed by atoms with Crippen molar-refractivity contribution < 1.29 is 9.18 Å². The van der Waals surface area contributed by atoms with Crippen molar-refractivity contribution in [1.82, 2.24) is 0 Å². The first kappa shape index (κ1) is 15.0. The van der Waals surface area contributed by atoms with Crippen molar-refractivity contribution >= 4 is 17.3 Å². The van der Waals surface area contributed by atoms with Gasteiger partial charge in [-0.25, -0.2) is 4.39 Å². The maximum absolute atomic E-state index is 13.5. The van der Waals surface area contributed by atoms with Gasteiger partial charge in [-0.3, -0.25) is 4.79 Å². The number of benzene rings is 2. The summed E-state index contributed by atoms with van der Waals surface area (Å²) in [4.78, 5) is 14.0. The van der Waals surface area contributed by atoms with Crippen molar-refractivity contribution in [2.45, 2.75) is 13.8 Å². The van der Waals surface area contributed by atoms with Crippen molar-refractivity contribution in [3.8, 4) is 0 Å². The lowest BCUT2D eigenvalue weighted by Gasteiger charge is -2.22. The fraction of sp³-hybridized carbons (Fsp3) is 0.235. The Labute approximate surface area is 124 Å². The van der Waals surface area contributed by atoms with Crippen LogP contribution in [0, 0.1) is 12.7 Å². The van der Waals surface area contributed by atoms with Crippen LogP contribution in [0.25, 0.3) is 0 Å². The summed E-state index contributed by atoms with van der Waals surface area (Å²) in [7, 11) is 0. The number of nitrogens with one attached hydrogen (secondary N) is 1. The largest absolute Gasteiger partial charge is 0.374 e. The van der Waals surface area contributed by atoms with Gasteiger partial charge in [-0.1, -0.05) is 24.3 Å². The molecule has 0 atom stereocenters. The number of anilines is 2. The van der Waals surface area contributed by atoms with E-state index in [1.165, 1.54) is 6.07 Å². The van der Waals surface area contributed by atoms with Crippen LogP contribution in [-0.4, -0.2) is 19.0 Å². The number of halogens is 1. The molecule has 1 N–H and O–H groups in total. The minimum Gasteiger partial charge on any atom is -0.374 e. The maximum atomic E-state index is 13.5. The highest BCUT2D eigenvalue weighted by Crippen LogP contribution is 2.17. The second-order valence-electron chi connectivity index (χ2n) is 4.81. The predicted molar refractivity (Wildman–Crippen MR) is 84.1 cm³/mol. The fourth-order valence-corrected chi connectivity index (χ4v) is 2.17. The molecule has 1 amide bonds. The van der Waals surface area contributed by atoms with E-state index in [-0.39, 0.29) is 18.3 Å². The number of hydrogen-bond acceptors (Lipinski definition) is 2.